The lowest BCUT2D eigenvalue weighted by Crippen LogP contribution is -2.55. The molecule has 1 fully saturated rings. The molecule has 0 radical (unpaired) electrons. The summed E-state index contributed by atoms with van der Waals surface area (Å²) in [6.45, 7) is 3.34. The van der Waals surface area contributed by atoms with E-state index in [4.69, 9.17) is 16.3 Å². The lowest BCUT2D eigenvalue weighted by Gasteiger charge is -2.35. The van der Waals surface area contributed by atoms with Gasteiger partial charge in [0, 0.05) is 24.0 Å². The topological polar surface area (TPSA) is 96.0 Å². The molecule has 1 saturated carbocycles. The highest BCUT2D eigenvalue weighted by Gasteiger charge is 2.36. The monoisotopic (exact) mass is 701 g/mol. The van der Waals surface area contributed by atoms with Crippen molar-refractivity contribution in [1.29, 1.82) is 0 Å². The number of aryl methyl sites for hydroxylation is 2. The molecule has 5 rings (SSSR count). The third-order valence-corrected chi connectivity index (χ3v) is 11.0. The Kier molecular flexibility index (Phi) is 12.0. The Morgan fingerprint density at radius 1 is 0.857 bits per heavy atom. The molecule has 1 N–H and O–H groups in total. The maximum Gasteiger partial charge on any atom is 0.264 e. The van der Waals surface area contributed by atoms with Crippen LogP contribution in [-0.4, -0.2) is 50.9 Å². The van der Waals surface area contributed by atoms with E-state index < -0.39 is 28.5 Å². The van der Waals surface area contributed by atoms with Gasteiger partial charge in [-0.1, -0.05) is 109 Å². The number of amides is 2. The fourth-order valence-electron chi connectivity index (χ4n) is 6.31. The zero-order valence-corrected chi connectivity index (χ0v) is 29.8. The van der Waals surface area contributed by atoms with Crippen LogP contribution in [0.4, 0.5) is 5.69 Å². The van der Waals surface area contributed by atoms with E-state index in [2.05, 4.69) is 5.32 Å². The zero-order chi connectivity index (χ0) is 35.0. The SMILES string of the molecule is COc1ccc(Cl)cc1N(CC(=O)N(Cc1cccc(C)c1)C(Cc1ccccc1)C(=O)NC1CCCCC1)S(=O)(=O)c1ccc(C)cc1. The van der Waals surface area contributed by atoms with Gasteiger partial charge in [-0.15, -0.1) is 0 Å². The van der Waals surface area contributed by atoms with E-state index in [-0.39, 0.29) is 46.3 Å². The first-order chi connectivity index (χ1) is 23.5. The Labute approximate surface area is 295 Å². The number of halogens is 1. The number of ether oxygens (including phenoxy) is 1. The number of carbonyl (C=O) groups excluding carboxylic acids is 2. The summed E-state index contributed by atoms with van der Waals surface area (Å²) >= 11 is 6.41. The van der Waals surface area contributed by atoms with Crippen LogP contribution < -0.4 is 14.4 Å². The Bertz CT molecular complexity index is 1840. The summed E-state index contributed by atoms with van der Waals surface area (Å²) in [5, 5.41) is 3.52. The molecule has 0 aromatic heterocycles. The Morgan fingerprint density at radius 3 is 2.22 bits per heavy atom. The zero-order valence-electron chi connectivity index (χ0n) is 28.3. The third-order valence-electron chi connectivity index (χ3n) is 8.96. The van der Waals surface area contributed by atoms with Gasteiger partial charge >= 0.3 is 0 Å². The molecular weight excluding hydrogens is 658 g/mol. The van der Waals surface area contributed by atoms with Crippen molar-refractivity contribution in [1.82, 2.24) is 10.2 Å². The van der Waals surface area contributed by atoms with Crippen LogP contribution in [0.3, 0.4) is 0 Å². The van der Waals surface area contributed by atoms with Crippen LogP contribution in [0.2, 0.25) is 5.02 Å². The molecule has 1 aliphatic carbocycles. The van der Waals surface area contributed by atoms with Crippen LogP contribution >= 0.6 is 11.6 Å². The number of methoxy groups -OCH3 is 1. The number of hydrogen-bond donors (Lipinski definition) is 1. The van der Waals surface area contributed by atoms with Crippen molar-refractivity contribution in [3.8, 4) is 5.75 Å². The van der Waals surface area contributed by atoms with Crippen molar-refractivity contribution in [3.63, 3.8) is 0 Å². The van der Waals surface area contributed by atoms with Crippen LogP contribution in [-0.2, 0) is 32.6 Å². The summed E-state index contributed by atoms with van der Waals surface area (Å²) < 4.78 is 35.5. The quantitative estimate of drug-likeness (QED) is 0.159. The van der Waals surface area contributed by atoms with E-state index in [1.54, 1.807) is 24.3 Å². The standard InChI is InChI=1S/C39H44ClN3O5S/c1-28-17-20-34(21-18-28)49(46,47)43(35-25-32(40)19-22-37(35)48-3)27-38(44)42(26-31-14-10-11-29(2)23-31)36(24-30-12-6-4-7-13-30)39(45)41-33-15-8-5-9-16-33/h4,6-7,10-14,17-23,25,33,36H,5,8-9,15-16,24,26-27H2,1-3H3,(H,41,45). The highest BCUT2D eigenvalue weighted by molar-refractivity contribution is 7.92. The van der Waals surface area contributed by atoms with Gasteiger partial charge in [-0.2, -0.15) is 0 Å². The van der Waals surface area contributed by atoms with Crippen molar-refractivity contribution in [2.75, 3.05) is 18.0 Å². The summed E-state index contributed by atoms with van der Waals surface area (Å²) in [6, 6.07) is 27.5. The maximum absolute atomic E-state index is 14.8. The van der Waals surface area contributed by atoms with E-state index in [1.165, 1.54) is 30.2 Å². The van der Waals surface area contributed by atoms with Crippen molar-refractivity contribution in [2.45, 2.75) is 75.9 Å². The lowest BCUT2D eigenvalue weighted by atomic mass is 9.94. The number of nitrogens with zero attached hydrogens (tertiary/aromatic N) is 2. The summed E-state index contributed by atoms with van der Waals surface area (Å²) in [6.07, 6.45) is 5.22. The summed E-state index contributed by atoms with van der Waals surface area (Å²) in [5.41, 5.74) is 3.72. The molecule has 4 aromatic carbocycles. The molecule has 0 aliphatic heterocycles. The molecule has 0 spiro atoms. The normalized spacial score (nSPS) is 14.1. The average molecular weight is 702 g/mol. The predicted octanol–water partition coefficient (Wildman–Crippen LogP) is 7.25. The number of rotatable bonds is 13. The second-order valence-corrected chi connectivity index (χ2v) is 15.0. The molecule has 49 heavy (non-hydrogen) atoms. The van der Waals surface area contributed by atoms with Gasteiger partial charge in [0.15, 0.2) is 0 Å². The number of hydrogen-bond acceptors (Lipinski definition) is 5. The van der Waals surface area contributed by atoms with Crippen LogP contribution in [0, 0.1) is 13.8 Å². The molecule has 258 valence electrons. The van der Waals surface area contributed by atoms with Crippen molar-refractivity contribution < 1.29 is 22.7 Å². The average Bonchev–Trinajstić information content (AvgIpc) is 3.09. The molecular formula is C39H44ClN3O5S. The largest absolute Gasteiger partial charge is 0.495 e. The highest BCUT2D eigenvalue weighted by atomic mass is 35.5. The fourth-order valence-corrected chi connectivity index (χ4v) is 7.90. The first kappa shape index (κ1) is 36.0. The van der Waals surface area contributed by atoms with Crippen LogP contribution in [0.1, 0.15) is 54.4 Å². The second kappa shape index (κ2) is 16.4. The molecule has 0 saturated heterocycles. The maximum atomic E-state index is 14.8. The van der Waals surface area contributed by atoms with E-state index in [0.29, 0.717) is 0 Å². The van der Waals surface area contributed by atoms with E-state index in [1.807, 2.05) is 68.4 Å². The first-order valence-electron chi connectivity index (χ1n) is 16.7. The minimum absolute atomic E-state index is 0.00837. The molecule has 0 bridgehead atoms. The predicted molar refractivity (Wildman–Crippen MR) is 194 cm³/mol. The smallest absolute Gasteiger partial charge is 0.264 e. The molecule has 0 heterocycles. The fraction of sp³-hybridized carbons (Fsp3) is 0.333. The third kappa shape index (κ3) is 9.22. The van der Waals surface area contributed by atoms with Crippen LogP contribution in [0.15, 0.2) is 102 Å². The minimum atomic E-state index is -4.31. The van der Waals surface area contributed by atoms with Crippen molar-refractivity contribution >= 4 is 39.1 Å². The molecule has 10 heteroatoms. The van der Waals surface area contributed by atoms with Gasteiger partial charge in [0.1, 0.15) is 18.3 Å². The Hall–Kier alpha value is -4.34. The number of carbonyl (C=O) groups is 2. The minimum Gasteiger partial charge on any atom is -0.495 e. The van der Waals surface area contributed by atoms with Gasteiger partial charge in [0.25, 0.3) is 10.0 Å². The van der Waals surface area contributed by atoms with Gasteiger partial charge in [0.05, 0.1) is 17.7 Å². The molecule has 1 atom stereocenters. The second-order valence-electron chi connectivity index (χ2n) is 12.7. The van der Waals surface area contributed by atoms with Gasteiger partial charge < -0.3 is 15.0 Å². The Morgan fingerprint density at radius 2 is 1.55 bits per heavy atom. The number of nitrogens with one attached hydrogen (secondary N) is 1. The van der Waals surface area contributed by atoms with E-state index >= 15 is 0 Å². The highest BCUT2D eigenvalue weighted by Crippen LogP contribution is 2.35. The molecule has 8 nitrogen and oxygen atoms in total. The first-order valence-corrected chi connectivity index (χ1v) is 18.5. The van der Waals surface area contributed by atoms with Crippen molar-refractivity contribution in [2.24, 2.45) is 0 Å². The van der Waals surface area contributed by atoms with E-state index in [9.17, 15) is 18.0 Å². The number of benzene rings is 4. The summed E-state index contributed by atoms with van der Waals surface area (Å²) in [7, 11) is -2.88. The van der Waals surface area contributed by atoms with Gasteiger partial charge in [-0.3, -0.25) is 13.9 Å². The lowest BCUT2D eigenvalue weighted by molar-refractivity contribution is -0.140. The van der Waals surface area contributed by atoms with Gasteiger partial charge in [-0.25, -0.2) is 8.42 Å². The Balaban J connectivity index is 1.60. The molecule has 1 unspecified atom stereocenters. The van der Waals surface area contributed by atoms with Gasteiger partial charge in [-0.05, 0) is 68.1 Å². The summed E-state index contributed by atoms with van der Waals surface area (Å²) in [5.74, 6) is -0.571. The number of sulfonamides is 1. The molecule has 4 aromatic rings. The van der Waals surface area contributed by atoms with Gasteiger partial charge in [0.2, 0.25) is 11.8 Å². The van der Waals surface area contributed by atoms with Crippen LogP contribution in [0.25, 0.3) is 0 Å². The molecule has 1 aliphatic rings. The van der Waals surface area contributed by atoms with E-state index in [0.717, 1.165) is 58.7 Å². The van der Waals surface area contributed by atoms with Crippen LogP contribution in [0.5, 0.6) is 5.75 Å². The summed E-state index contributed by atoms with van der Waals surface area (Å²) in [4.78, 5) is 30.7. The number of anilines is 1. The molecule has 2 amide bonds. The van der Waals surface area contributed by atoms with Crippen molar-refractivity contribution in [3.05, 3.63) is 124 Å².